The number of benzene rings is 3. The van der Waals surface area contributed by atoms with E-state index >= 15 is 0 Å². The van der Waals surface area contributed by atoms with Gasteiger partial charge in [-0.1, -0.05) is 43.6 Å². The van der Waals surface area contributed by atoms with E-state index in [0.29, 0.717) is 45.5 Å². The first-order valence-electron chi connectivity index (χ1n) is 15.0. The molecule has 1 saturated heterocycles. The highest BCUT2D eigenvalue weighted by atomic mass is 35.5. The molecule has 3 aromatic carbocycles. The van der Waals surface area contributed by atoms with E-state index in [9.17, 15) is 9.59 Å². The number of rotatable bonds is 7. The molecule has 222 valence electrons. The molecule has 2 aliphatic rings. The molecule has 0 saturated carbocycles. The Kier molecular flexibility index (Phi) is 9.24. The summed E-state index contributed by atoms with van der Waals surface area (Å²) in [4.78, 5) is 31.4. The van der Waals surface area contributed by atoms with Crippen LogP contribution in [0.3, 0.4) is 0 Å². The van der Waals surface area contributed by atoms with Gasteiger partial charge >= 0.3 is 0 Å². The van der Waals surface area contributed by atoms with Gasteiger partial charge in [0.2, 0.25) is 0 Å². The van der Waals surface area contributed by atoms with Crippen LogP contribution in [0.1, 0.15) is 83.7 Å². The normalized spacial score (nSPS) is 18.6. The van der Waals surface area contributed by atoms with E-state index in [1.165, 1.54) is 12.8 Å². The smallest absolute Gasteiger partial charge is 0.262 e. The summed E-state index contributed by atoms with van der Waals surface area (Å²) in [6.45, 7) is 10.6. The molecule has 0 bridgehead atoms. The highest BCUT2D eigenvalue weighted by molar-refractivity contribution is 6.30. The second kappa shape index (κ2) is 12.9. The van der Waals surface area contributed by atoms with Gasteiger partial charge < -0.3 is 19.9 Å². The lowest BCUT2D eigenvalue weighted by molar-refractivity contribution is 0.0983. The summed E-state index contributed by atoms with van der Waals surface area (Å²) in [7, 11) is 1.55. The molecule has 2 heterocycles. The minimum atomic E-state index is -0.202. The Labute approximate surface area is 255 Å². The summed E-state index contributed by atoms with van der Waals surface area (Å²) in [6, 6.07) is 18.6. The van der Waals surface area contributed by atoms with Gasteiger partial charge in [0.1, 0.15) is 5.75 Å². The average molecular weight is 588 g/mol. The predicted molar refractivity (Wildman–Crippen MR) is 171 cm³/mol. The van der Waals surface area contributed by atoms with E-state index in [2.05, 4.69) is 24.1 Å². The number of anilines is 2. The highest BCUT2D eigenvalue weighted by Crippen LogP contribution is 2.40. The van der Waals surface area contributed by atoms with Crippen molar-refractivity contribution in [2.45, 2.75) is 58.8 Å². The third-order valence-corrected chi connectivity index (χ3v) is 9.22. The van der Waals surface area contributed by atoms with E-state index in [1.807, 2.05) is 48.2 Å². The van der Waals surface area contributed by atoms with Crippen LogP contribution in [0.2, 0.25) is 5.02 Å². The SMILES string of the molecule is COc1cc(NC(=O)c2ccccc2C)ccc1C(=O)N1CCCC(CCN2CCC(C)(C)CC2)c2cc(Cl)ccc21. The zero-order chi connectivity index (χ0) is 29.9. The van der Waals surface area contributed by atoms with Crippen molar-refractivity contribution < 1.29 is 14.3 Å². The molecule has 6 nitrogen and oxygen atoms in total. The Morgan fingerprint density at radius 3 is 2.50 bits per heavy atom. The predicted octanol–water partition coefficient (Wildman–Crippen LogP) is 7.95. The van der Waals surface area contributed by atoms with Gasteiger partial charge in [-0.2, -0.15) is 0 Å². The lowest BCUT2D eigenvalue weighted by Crippen LogP contribution is -2.38. The lowest BCUT2D eigenvalue weighted by Gasteiger charge is -2.37. The van der Waals surface area contributed by atoms with Crippen LogP contribution in [-0.4, -0.2) is 50.0 Å². The molecule has 2 aliphatic heterocycles. The number of methoxy groups -OCH3 is 1. The quantitative estimate of drug-likeness (QED) is 0.305. The molecule has 0 spiro atoms. The minimum absolute atomic E-state index is 0.119. The van der Waals surface area contributed by atoms with Crippen molar-refractivity contribution in [2.75, 3.05) is 43.5 Å². The molecule has 1 unspecified atom stereocenters. The third kappa shape index (κ3) is 6.82. The van der Waals surface area contributed by atoms with Gasteiger partial charge in [0.15, 0.2) is 0 Å². The maximum atomic E-state index is 14.1. The number of hydrogen-bond donors (Lipinski definition) is 1. The summed E-state index contributed by atoms with van der Waals surface area (Å²) < 4.78 is 5.66. The molecule has 5 rings (SSSR count). The molecule has 2 amide bonds. The van der Waals surface area contributed by atoms with Gasteiger partial charge in [-0.15, -0.1) is 0 Å². The van der Waals surface area contributed by atoms with E-state index in [-0.39, 0.29) is 11.8 Å². The van der Waals surface area contributed by atoms with Gasteiger partial charge in [0.05, 0.1) is 12.7 Å². The van der Waals surface area contributed by atoms with Crippen LogP contribution in [0.4, 0.5) is 11.4 Å². The first kappa shape index (κ1) is 30.1. The number of aryl methyl sites for hydroxylation is 1. The fourth-order valence-electron chi connectivity index (χ4n) is 6.22. The molecule has 7 heteroatoms. The number of ether oxygens (including phenoxy) is 1. The summed E-state index contributed by atoms with van der Waals surface area (Å²) in [5.41, 5.74) is 5.04. The Morgan fingerprint density at radius 2 is 1.76 bits per heavy atom. The molecular weight excluding hydrogens is 546 g/mol. The zero-order valence-electron chi connectivity index (χ0n) is 25.2. The Balaban J connectivity index is 1.35. The van der Waals surface area contributed by atoms with E-state index in [0.717, 1.165) is 55.7 Å². The number of nitrogens with zero attached hydrogens (tertiary/aromatic N) is 2. The van der Waals surface area contributed by atoms with Crippen molar-refractivity contribution in [1.82, 2.24) is 4.90 Å². The lowest BCUT2D eigenvalue weighted by atomic mass is 9.82. The van der Waals surface area contributed by atoms with Gasteiger partial charge in [-0.25, -0.2) is 0 Å². The van der Waals surface area contributed by atoms with Crippen molar-refractivity contribution in [3.05, 3.63) is 87.9 Å². The number of carbonyl (C=O) groups excluding carboxylic acids is 2. The minimum Gasteiger partial charge on any atom is -0.496 e. The second-order valence-electron chi connectivity index (χ2n) is 12.5. The van der Waals surface area contributed by atoms with Gasteiger partial charge in [0, 0.05) is 34.6 Å². The maximum Gasteiger partial charge on any atom is 0.262 e. The monoisotopic (exact) mass is 587 g/mol. The number of carbonyl (C=O) groups is 2. The van der Waals surface area contributed by atoms with Crippen LogP contribution in [-0.2, 0) is 0 Å². The van der Waals surface area contributed by atoms with Gasteiger partial charge in [-0.05, 0) is 118 Å². The van der Waals surface area contributed by atoms with Crippen molar-refractivity contribution in [2.24, 2.45) is 5.41 Å². The first-order valence-corrected chi connectivity index (χ1v) is 15.4. The number of nitrogens with one attached hydrogen (secondary N) is 1. The number of fused-ring (bicyclic) bond motifs is 1. The number of piperidine rings is 1. The van der Waals surface area contributed by atoms with Gasteiger partial charge in [0.25, 0.3) is 11.8 Å². The van der Waals surface area contributed by atoms with Crippen LogP contribution in [0.25, 0.3) is 0 Å². The zero-order valence-corrected chi connectivity index (χ0v) is 26.0. The Hall–Kier alpha value is -3.35. The average Bonchev–Trinajstić information content (AvgIpc) is 3.15. The summed E-state index contributed by atoms with van der Waals surface area (Å²) in [6.07, 6.45) is 5.44. The molecule has 1 atom stereocenters. The Morgan fingerprint density at radius 1 is 1.00 bits per heavy atom. The Bertz CT molecular complexity index is 1440. The maximum absolute atomic E-state index is 14.1. The standard InChI is InChI=1S/C35H42ClN3O3/c1-24-8-5-6-10-28(24)33(40)37-27-12-13-29(32(23-27)42-4)34(41)39-18-7-9-25(30-22-26(36)11-14-31(30)39)15-19-38-20-16-35(2,3)17-21-38/h5-6,8,10-14,22-23,25H,7,9,15-21H2,1-4H3,(H,37,40). The van der Waals surface area contributed by atoms with E-state index in [1.54, 1.807) is 31.4 Å². The summed E-state index contributed by atoms with van der Waals surface area (Å²) in [5.74, 6) is 0.442. The van der Waals surface area contributed by atoms with Crippen LogP contribution in [0, 0.1) is 12.3 Å². The third-order valence-electron chi connectivity index (χ3n) is 8.98. The second-order valence-corrected chi connectivity index (χ2v) is 12.9. The fraction of sp³-hybridized carbons (Fsp3) is 0.429. The molecule has 1 fully saturated rings. The molecule has 0 aliphatic carbocycles. The molecule has 0 radical (unpaired) electrons. The summed E-state index contributed by atoms with van der Waals surface area (Å²) >= 11 is 6.51. The van der Waals surface area contributed by atoms with Crippen molar-refractivity contribution in [3.63, 3.8) is 0 Å². The first-order chi connectivity index (χ1) is 20.1. The van der Waals surface area contributed by atoms with E-state index < -0.39 is 0 Å². The largest absolute Gasteiger partial charge is 0.496 e. The fourth-order valence-corrected chi connectivity index (χ4v) is 6.40. The van der Waals surface area contributed by atoms with Crippen LogP contribution < -0.4 is 15.0 Å². The highest BCUT2D eigenvalue weighted by Gasteiger charge is 2.30. The summed E-state index contributed by atoms with van der Waals surface area (Å²) in [5, 5.41) is 3.63. The van der Waals surface area contributed by atoms with Crippen LogP contribution in [0.5, 0.6) is 5.75 Å². The van der Waals surface area contributed by atoms with Crippen LogP contribution in [0.15, 0.2) is 60.7 Å². The van der Waals surface area contributed by atoms with E-state index in [4.69, 9.17) is 16.3 Å². The molecule has 0 aromatic heterocycles. The van der Waals surface area contributed by atoms with Crippen LogP contribution >= 0.6 is 11.6 Å². The topological polar surface area (TPSA) is 61.9 Å². The number of hydrogen-bond acceptors (Lipinski definition) is 4. The number of amides is 2. The number of halogens is 1. The van der Waals surface area contributed by atoms with Gasteiger partial charge in [-0.3, -0.25) is 9.59 Å². The number of likely N-dealkylation sites (tertiary alicyclic amines) is 1. The van der Waals surface area contributed by atoms with Crippen molar-refractivity contribution in [1.29, 1.82) is 0 Å². The molecule has 42 heavy (non-hydrogen) atoms. The molecule has 3 aromatic rings. The van der Waals surface area contributed by atoms with Crippen molar-refractivity contribution >= 4 is 34.8 Å². The molecule has 1 N–H and O–H groups in total. The van der Waals surface area contributed by atoms with Crippen molar-refractivity contribution in [3.8, 4) is 5.75 Å². The molecular formula is C35H42ClN3O3.